The van der Waals surface area contributed by atoms with Crippen LogP contribution >= 0.6 is 23.2 Å². The maximum atomic E-state index is 13.5. The second-order valence-electron chi connectivity index (χ2n) is 4.89. The molecule has 0 amide bonds. The van der Waals surface area contributed by atoms with Crippen molar-refractivity contribution in [1.29, 1.82) is 0 Å². The van der Waals surface area contributed by atoms with Gasteiger partial charge in [-0.3, -0.25) is 0 Å². The molecule has 0 aromatic heterocycles. The van der Waals surface area contributed by atoms with Gasteiger partial charge in [0.2, 0.25) is 0 Å². The van der Waals surface area contributed by atoms with Crippen LogP contribution in [-0.2, 0) is 6.54 Å². The Morgan fingerprint density at radius 1 is 1.10 bits per heavy atom. The van der Waals surface area contributed by atoms with Crippen LogP contribution in [0.5, 0.6) is 0 Å². The summed E-state index contributed by atoms with van der Waals surface area (Å²) in [6.07, 6.45) is 0. The Morgan fingerprint density at radius 3 is 2.35 bits per heavy atom. The molecule has 0 spiro atoms. The molecule has 0 radical (unpaired) electrons. The highest BCUT2D eigenvalue weighted by molar-refractivity contribution is 6.34. The van der Waals surface area contributed by atoms with Gasteiger partial charge in [0.15, 0.2) is 0 Å². The van der Waals surface area contributed by atoms with Crippen LogP contribution < -0.4 is 5.32 Å². The highest BCUT2D eigenvalue weighted by Gasteiger charge is 2.08. The minimum absolute atomic E-state index is 0.0443. The van der Waals surface area contributed by atoms with Gasteiger partial charge in [0.25, 0.3) is 0 Å². The van der Waals surface area contributed by atoms with Crippen molar-refractivity contribution in [3.8, 4) is 0 Å². The van der Waals surface area contributed by atoms with Crippen molar-refractivity contribution in [2.24, 2.45) is 0 Å². The van der Waals surface area contributed by atoms with Crippen LogP contribution in [0, 0.1) is 12.7 Å². The van der Waals surface area contributed by atoms with Gasteiger partial charge in [-0.1, -0.05) is 35.3 Å². The van der Waals surface area contributed by atoms with Gasteiger partial charge in [0, 0.05) is 22.6 Å². The first kappa shape index (κ1) is 15.3. The molecule has 1 atom stereocenters. The van der Waals surface area contributed by atoms with Gasteiger partial charge in [-0.25, -0.2) is 4.39 Å². The molecular formula is C16H16Cl2FN. The number of nitrogens with one attached hydrogen (secondary N) is 1. The molecular weight excluding hydrogens is 296 g/mol. The summed E-state index contributed by atoms with van der Waals surface area (Å²) in [5.74, 6) is -0.179. The summed E-state index contributed by atoms with van der Waals surface area (Å²) in [6.45, 7) is 4.37. The molecule has 0 aliphatic heterocycles. The van der Waals surface area contributed by atoms with E-state index in [0.717, 1.165) is 11.1 Å². The normalized spacial score (nSPS) is 12.4. The lowest BCUT2D eigenvalue weighted by Crippen LogP contribution is -2.18. The summed E-state index contributed by atoms with van der Waals surface area (Å²) in [7, 11) is 0. The standard InChI is InChI=1S/C16H16Cl2FN/c1-10-3-4-13(7-16(10)19)11(2)20-9-12-5-14(17)8-15(18)6-12/h3-8,11,20H,9H2,1-2H3. The van der Waals surface area contributed by atoms with Gasteiger partial charge in [-0.15, -0.1) is 0 Å². The number of benzene rings is 2. The highest BCUT2D eigenvalue weighted by atomic mass is 35.5. The van der Waals surface area contributed by atoms with Crippen LogP contribution in [0.25, 0.3) is 0 Å². The van der Waals surface area contributed by atoms with Crippen LogP contribution in [0.4, 0.5) is 4.39 Å². The van der Waals surface area contributed by atoms with E-state index in [9.17, 15) is 4.39 Å². The molecule has 0 aliphatic carbocycles. The Kier molecular flexibility index (Phi) is 5.03. The zero-order valence-electron chi connectivity index (χ0n) is 11.4. The van der Waals surface area contributed by atoms with Crippen molar-refractivity contribution in [2.75, 3.05) is 0 Å². The van der Waals surface area contributed by atoms with E-state index in [1.807, 2.05) is 25.1 Å². The van der Waals surface area contributed by atoms with Crippen LogP contribution in [0.3, 0.4) is 0 Å². The Morgan fingerprint density at radius 2 is 1.75 bits per heavy atom. The third-order valence-corrected chi connectivity index (χ3v) is 3.67. The van der Waals surface area contributed by atoms with Crippen LogP contribution in [0.2, 0.25) is 10.0 Å². The zero-order valence-corrected chi connectivity index (χ0v) is 12.9. The van der Waals surface area contributed by atoms with E-state index >= 15 is 0 Å². The Balaban J connectivity index is 2.04. The first-order chi connectivity index (χ1) is 9.45. The molecule has 0 aliphatic rings. The lowest BCUT2D eigenvalue weighted by Gasteiger charge is -2.15. The van der Waals surface area contributed by atoms with Crippen molar-refractivity contribution in [2.45, 2.75) is 26.4 Å². The van der Waals surface area contributed by atoms with E-state index in [1.165, 1.54) is 0 Å². The third kappa shape index (κ3) is 3.95. The molecule has 1 N–H and O–H groups in total. The van der Waals surface area contributed by atoms with E-state index in [0.29, 0.717) is 22.2 Å². The van der Waals surface area contributed by atoms with Gasteiger partial charge in [-0.05, 0) is 54.8 Å². The summed E-state index contributed by atoms with van der Waals surface area (Å²) in [5, 5.41) is 4.56. The molecule has 2 rings (SSSR count). The van der Waals surface area contributed by atoms with Gasteiger partial charge in [-0.2, -0.15) is 0 Å². The van der Waals surface area contributed by atoms with Gasteiger partial charge < -0.3 is 5.32 Å². The lowest BCUT2D eigenvalue weighted by molar-refractivity contribution is 0.563. The fraction of sp³-hybridized carbons (Fsp3) is 0.250. The van der Waals surface area contributed by atoms with Crippen molar-refractivity contribution in [1.82, 2.24) is 5.32 Å². The molecule has 0 heterocycles. The summed E-state index contributed by atoms with van der Waals surface area (Å²) in [6, 6.07) is 10.8. The van der Waals surface area contributed by atoms with Crippen LogP contribution in [0.15, 0.2) is 36.4 Å². The molecule has 0 fully saturated rings. The summed E-state index contributed by atoms with van der Waals surface area (Å²) < 4.78 is 13.5. The summed E-state index contributed by atoms with van der Waals surface area (Å²) in [4.78, 5) is 0. The van der Waals surface area contributed by atoms with E-state index in [2.05, 4.69) is 5.32 Å². The second kappa shape index (κ2) is 6.57. The topological polar surface area (TPSA) is 12.0 Å². The molecule has 2 aromatic carbocycles. The monoisotopic (exact) mass is 311 g/mol. The number of rotatable bonds is 4. The summed E-state index contributed by atoms with van der Waals surface area (Å²) >= 11 is 11.9. The predicted octanol–water partition coefficient (Wildman–Crippen LogP) is 5.29. The Hall–Kier alpha value is -1.09. The predicted molar refractivity (Wildman–Crippen MR) is 82.9 cm³/mol. The first-order valence-electron chi connectivity index (χ1n) is 6.40. The number of halogens is 3. The molecule has 1 nitrogen and oxygen atoms in total. The molecule has 2 aromatic rings. The highest BCUT2D eigenvalue weighted by Crippen LogP contribution is 2.20. The maximum Gasteiger partial charge on any atom is 0.126 e. The molecule has 20 heavy (non-hydrogen) atoms. The van der Waals surface area contributed by atoms with Gasteiger partial charge >= 0.3 is 0 Å². The Labute approximate surface area is 128 Å². The number of hydrogen-bond donors (Lipinski definition) is 1. The van der Waals surface area contributed by atoms with E-state index < -0.39 is 0 Å². The van der Waals surface area contributed by atoms with Gasteiger partial charge in [0.05, 0.1) is 0 Å². The van der Waals surface area contributed by atoms with Gasteiger partial charge in [0.1, 0.15) is 5.82 Å². The molecule has 0 bridgehead atoms. The smallest absolute Gasteiger partial charge is 0.126 e. The summed E-state index contributed by atoms with van der Waals surface area (Å²) in [5.41, 5.74) is 2.57. The van der Waals surface area contributed by atoms with Crippen molar-refractivity contribution in [3.63, 3.8) is 0 Å². The average Bonchev–Trinajstić information content (AvgIpc) is 2.38. The minimum Gasteiger partial charge on any atom is -0.306 e. The first-order valence-corrected chi connectivity index (χ1v) is 7.15. The quantitative estimate of drug-likeness (QED) is 0.808. The number of aryl methyl sites for hydroxylation is 1. The van der Waals surface area contributed by atoms with Crippen molar-refractivity contribution < 1.29 is 4.39 Å². The Bertz CT molecular complexity index is 593. The largest absolute Gasteiger partial charge is 0.306 e. The SMILES string of the molecule is Cc1ccc(C(C)NCc2cc(Cl)cc(Cl)c2)cc1F. The third-order valence-electron chi connectivity index (χ3n) is 3.23. The van der Waals surface area contributed by atoms with Crippen LogP contribution in [-0.4, -0.2) is 0 Å². The lowest BCUT2D eigenvalue weighted by atomic mass is 10.1. The van der Waals surface area contributed by atoms with E-state index in [-0.39, 0.29) is 11.9 Å². The zero-order chi connectivity index (χ0) is 14.7. The molecule has 4 heteroatoms. The van der Waals surface area contributed by atoms with Crippen LogP contribution in [0.1, 0.15) is 29.7 Å². The molecule has 0 saturated carbocycles. The number of hydrogen-bond acceptors (Lipinski definition) is 1. The molecule has 106 valence electrons. The fourth-order valence-corrected chi connectivity index (χ4v) is 2.55. The fourth-order valence-electron chi connectivity index (χ4n) is 1.98. The molecule has 0 saturated heterocycles. The minimum atomic E-state index is -0.179. The van der Waals surface area contributed by atoms with Crippen molar-refractivity contribution >= 4 is 23.2 Å². The van der Waals surface area contributed by atoms with E-state index in [4.69, 9.17) is 23.2 Å². The second-order valence-corrected chi connectivity index (χ2v) is 5.76. The maximum absolute atomic E-state index is 13.5. The van der Waals surface area contributed by atoms with E-state index in [1.54, 1.807) is 25.1 Å². The average molecular weight is 312 g/mol. The van der Waals surface area contributed by atoms with Crippen molar-refractivity contribution in [3.05, 3.63) is 69.0 Å². The molecule has 1 unspecified atom stereocenters.